The molecular formula is C43H70N2O6. The molecule has 4 N–H and O–H groups in total. The second-order valence-electron chi connectivity index (χ2n) is 20.6. The minimum atomic E-state index is -1.16. The van der Waals surface area contributed by atoms with Gasteiger partial charge in [0.25, 0.3) is 0 Å². The van der Waals surface area contributed by atoms with Gasteiger partial charge in [0, 0.05) is 23.8 Å². The number of carbonyl (C=O) groups is 3. The lowest BCUT2D eigenvalue weighted by molar-refractivity contribution is -0.235. The highest BCUT2D eigenvalue weighted by atomic mass is 16.5. The van der Waals surface area contributed by atoms with E-state index in [1.54, 1.807) is 13.8 Å². The molecule has 0 amide bonds. The third kappa shape index (κ3) is 5.99. The number of nitrogens with zero attached hydrogens (tertiary/aromatic N) is 1. The van der Waals surface area contributed by atoms with E-state index in [-0.39, 0.29) is 51.8 Å². The van der Waals surface area contributed by atoms with Crippen molar-refractivity contribution in [3.63, 3.8) is 0 Å². The summed E-state index contributed by atoms with van der Waals surface area (Å²) < 4.78 is 6.17. The van der Waals surface area contributed by atoms with Crippen LogP contribution in [-0.4, -0.2) is 71.2 Å². The van der Waals surface area contributed by atoms with Crippen molar-refractivity contribution in [3.8, 4) is 0 Å². The lowest BCUT2D eigenvalue weighted by Gasteiger charge is -2.72. The summed E-state index contributed by atoms with van der Waals surface area (Å²) >= 11 is 0. The lowest BCUT2D eigenvalue weighted by atomic mass is 9.33. The maximum absolute atomic E-state index is 14.1. The number of carbonyl (C=O) groups excluding carboxylic acids is 2. The van der Waals surface area contributed by atoms with Gasteiger partial charge in [0.05, 0.1) is 17.9 Å². The van der Waals surface area contributed by atoms with Crippen molar-refractivity contribution < 1.29 is 29.3 Å². The molecule has 0 bridgehead atoms. The largest absolute Gasteiger partial charge is 0.481 e. The summed E-state index contributed by atoms with van der Waals surface area (Å²) in [6.07, 6.45) is 9.73. The SMILES string of the molecule is CC(C)C1=C2C3CCC4C5(C)CCC(OC(=O)CC(C)(C)C(=O)O)C(C)(C)C5CCC4(C)C3(C)CCC2(C(O)CN2CCC(CN)CC2)CC1=O. The molecule has 1 heterocycles. The first-order valence-electron chi connectivity index (χ1n) is 20.5. The summed E-state index contributed by atoms with van der Waals surface area (Å²) in [4.78, 5) is 41.3. The Morgan fingerprint density at radius 1 is 0.922 bits per heavy atom. The van der Waals surface area contributed by atoms with Crippen molar-refractivity contribution in [1.29, 1.82) is 0 Å². The number of piperidine rings is 1. The maximum atomic E-state index is 14.1. The summed E-state index contributed by atoms with van der Waals surface area (Å²) in [6.45, 7) is 23.1. The minimum absolute atomic E-state index is 0.0164. The number of carboxylic acids is 1. The van der Waals surface area contributed by atoms with Gasteiger partial charge in [0.2, 0.25) is 0 Å². The number of fused-ring (bicyclic) bond motifs is 7. The number of likely N-dealkylation sites (tertiary alicyclic amines) is 1. The summed E-state index contributed by atoms with van der Waals surface area (Å²) in [6, 6.07) is 0. The molecule has 51 heavy (non-hydrogen) atoms. The number of ether oxygens (including phenoxy) is 1. The molecule has 8 nitrogen and oxygen atoms in total. The van der Waals surface area contributed by atoms with Crippen LogP contribution in [0.1, 0.15) is 139 Å². The molecule has 1 saturated heterocycles. The van der Waals surface area contributed by atoms with E-state index in [9.17, 15) is 24.6 Å². The van der Waals surface area contributed by atoms with Crippen LogP contribution in [0.5, 0.6) is 0 Å². The zero-order valence-electron chi connectivity index (χ0n) is 33.4. The van der Waals surface area contributed by atoms with E-state index in [0.717, 1.165) is 89.4 Å². The van der Waals surface area contributed by atoms with Crippen LogP contribution in [0.2, 0.25) is 0 Å². The van der Waals surface area contributed by atoms with Crippen LogP contribution in [0, 0.1) is 62.1 Å². The van der Waals surface area contributed by atoms with E-state index in [2.05, 4.69) is 53.4 Å². The number of β-amino-alcohol motifs (C(OH)–C–C–N with tert-alkyl or cyclic N) is 1. The third-order valence-electron chi connectivity index (χ3n) is 17.0. The number of ketones is 1. The molecule has 9 atom stereocenters. The van der Waals surface area contributed by atoms with Crippen LogP contribution in [-0.2, 0) is 19.1 Å². The fourth-order valence-electron chi connectivity index (χ4n) is 13.7. The van der Waals surface area contributed by atoms with Crippen LogP contribution >= 0.6 is 0 Å². The van der Waals surface area contributed by atoms with Gasteiger partial charge in [-0.05, 0) is 149 Å². The molecule has 0 aromatic carbocycles. The molecule has 4 saturated carbocycles. The Labute approximate surface area is 308 Å². The van der Waals surface area contributed by atoms with Gasteiger partial charge in [-0.15, -0.1) is 0 Å². The molecule has 0 spiro atoms. The molecule has 0 aromatic heterocycles. The zero-order valence-corrected chi connectivity index (χ0v) is 33.4. The zero-order chi connectivity index (χ0) is 37.5. The number of nitrogens with two attached hydrogens (primary N) is 1. The maximum Gasteiger partial charge on any atom is 0.309 e. The minimum Gasteiger partial charge on any atom is -0.481 e. The first kappa shape index (κ1) is 38.9. The van der Waals surface area contributed by atoms with Gasteiger partial charge < -0.3 is 25.6 Å². The lowest BCUT2D eigenvalue weighted by Crippen LogP contribution is -2.66. The molecule has 288 valence electrons. The first-order valence-corrected chi connectivity index (χ1v) is 20.5. The Bertz CT molecular complexity index is 1430. The van der Waals surface area contributed by atoms with E-state index in [1.807, 2.05) is 0 Å². The summed E-state index contributed by atoms with van der Waals surface area (Å²) in [5.41, 5.74) is 6.68. The van der Waals surface area contributed by atoms with E-state index in [1.165, 1.54) is 5.57 Å². The highest BCUT2D eigenvalue weighted by Crippen LogP contribution is 2.77. The molecule has 5 aliphatic carbocycles. The van der Waals surface area contributed by atoms with E-state index >= 15 is 0 Å². The first-order chi connectivity index (χ1) is 23.7. The van der Waals surface area contributed by atoms with Gasteiger partial charge in [0.1, 0.15) is 6.10 Å². The average molecular weight is 711 g/mol. The third-order valence-corrected chi connectivity index (χ3v) is 17.0. The molecule has 5 fully saturated rings. The van der Waals surface area contributed by atoms with Gasteiger partial charge in [-0.3, -0.25) is 14.4 Å². The van der Waals surface area contributed by atoms with Gasteiger partial charge in [-0.2, -0.15) is 0 Å². The highest BCUT2D eigenvalue weighted by molar-refractivity contribution is 6.00. The van der Waals surface area contributed by atoms with Gasteiger partial charge in [-0.25, -0.2) is 0 Å². The standard InChI is InChI=1S/C43H70N2O6/c1-26(2)35-29(46)22-43(32(47)25-45-20-14-27(24-44)15-21-45)19-18-41(8)28(36(35)43)10-11-31-40(7)16-13-33(51-34(48)23-38(3,4)37(49)50)39(5,6)30(40)12-17-42(31,41)9/h26-28,30-33,47H,10-25,44H2,1-9H3,(H,49,50). The Morgan fingerprint density at radius 3 is 2.20 bits per heavy atom. The van der Waals surface area contributed by atoms with E-state index in [4.69, 9.17) is 10.5 Å². The second kappa shape index (κ2) is 13.2. The fourth-order valence-corrected chi connectivity index (χ4v) is 13.7. The highest BCUT2D eigenvalue weighted by Gasteiger charge is 2.71. The van der Waals surface area contributed by atoms with Crippen LogP contribution in [0.25, 0.3) is 0 Å². The van der Waals surface area contributed by atoms with Crippen molar-refractivity contribution in [2.45, 2.75) is 152 Å². The number of aliphatic hydroxyl groups excluding tert-OH is 1. The monoisotopic (exact) mass is 711 g/mol. The van der Waals surface area contributed by atoms with Gasteiger partial charge in [0.15, 0.2) is 5.78 Å². The van der Waals surface area contributed by atoms with Crippen molar-refractivity contribution in [3.05, 3.63) is 11.1 Å². The normalized spacial score (nSPS) is 40.7. The number of esters is 1. The van der Waals surface area contributed by atoms with E-state index in [0.29, 0.717) is 30.7 Å². The Balaban J connectivity index is 1.27. The summed E-state index contributed by atoms with van der Waals surface area (Å²) in [5, 5.41) is 21.9. The molecule has 0 radical (unpaired) electrons. The Hall–Kier alpha value is -1.77. The smallest absolute Gasteiger partial charge is 0.309 e. The van der Waals surface area contributed by atoms with Gasteiger partial charge in [-0.1, -0.05) is 54.0 Å². The van der Waals surface area contributed by atoms with Crippen molar-refractivity contribution >= 4 is 17.7 Å². The fraction of sp³-hybridized carbons (Fsp3) is 0.884. The topological polar surface area (TPSA) is 130 Å². The molecule has 6 aliphatic rings. The van der Waals surface area contributed by atoms with Crippen LogP contribution in [0.4, 0.5) is 0 Å². The second-order valence-corrected chi connectivity index (χ2v) is 20.6. The number of allylic oxidation sites excluding steroid dienone is 1. The Kier molecular flexibility index (Phi) is 10.1. The number of carboxylic acid groups (broad SMARTS) is 1. The molecule has 0 aromatic rings. The molecule has 9 unspecified atom stereocenters. The number of hydrogen-bond acceptors (Lipinski definition) is 7. The van der Waals surface area contributed by atoms with E-state index < -0.39 is 28.9 Å². The summed E-state index contributed by atoms with van der Waals surface area (Å²) in [7, 11) is 0. The summed E-state index contributed by atoms with van der Waals surface area (Å²) in [5.74, 6) is 0.770. The van der Waals surface area contributed by atoms with Crippen molar-refractivity contribution in [2.24, 2.45) is 67.8 Å². The molecule has 8 heteroatoms. The average Bonchev–Trinajstić information content (AvgIpc) is 3.36. The number of Topliss-reactive ketones (excluding diaryl/α,β-unsaturated/α-hetero) is 1. The van der Waals surface area contributed by atoms with Gasteiger partial charge >= 0.3 is 11.9 Å². The number of hydrogen-bond donors (Lipinski definition) is 3. The predicted molar refractivity (Wildman–Crippen MR) is 200 cm³/mol. The Morgan fingerprint density at radius 2 is 1.59 bits per heavy atom. The van der Waals surface area contributed by atoms with Crippen LogP contribution < -0.4 is 5.73 Å². The van der Waals surface area contributed by atoms with Crippen LogP contribution in [0.3, 0.4) is 0 Å². The molecule has 1 aliphatic heterocycles. The van der Waals surface area contributed by atoms with Crippen LogP contribution in [0.15, 0.2) is 11.1 Å². The number of aliphatic hydroxyl groups is 1. The molecular weight excluding hydrogens is 640 g/mol. The number of rotatable bonds is 9. The quantitative estimate of drug-likeness (QED) is 0.211. The van der Waals surface area contributed by atoms with Crippen molar-refractivity contribution in [1.82, 2.24) is 4.90 Å². The number of aliphatic carboxylic acids is 1. The molecule has 6 rings (SSSR count). The predicted octanol–water partition coefficient (Wildman–Crippen LogP) is 7.41. The van der Waals surface area contributed by atoms with Crippen molar-refractivity contribution in [2.75, 3.05) is 26.2 Å².